The van der Waals surface area contributed by atoms with Gasteiger partial charge in [-0.25, -0.2) is 0 Å². The molecule has 0 bridgehead atoms. The van der Waals surface area contributed by atoms with E-state index in [0.29, 0.717) is 21.9 Å². The second-order valence-corrected chi connectivity index (χ2v) is 10.1. The van der Waals surface area contributed by atoms with Crippen LogP contribution in [0.2, 0.25) is 0 Å². The van der Waals surface area contributed by atoms with E-state index in [1.54, 1.807) is 6.07 Å². The predicted octanol–water partition coefficient (Wildman–Crippen LogP) is 9.50. The molecule has 0 atom stereocenters. The number of para-hydroxylation sites is 1. The minimum atomic E-state index is -0.419. The van der Waals surface area contributed by atoms with E-state index in [9.17, 15) is 15.3 Å². The summed E-state index contributed by atoms with van der Waals surface area (Å²) in [5.41, 5.74) is 3.54. The van der Waals surface area contributed by atoms with Gasteiger partial charge in [-0.3, -0.25) is 0 Å². The Bertz CT molecular complexity index is 2250. The molecular weight excluding hydrogens is 496 g/mol. The lowest BCUT2D eigenvalue weighted by molar-refractivity contribution is 0.398. The van der Waals surface area contributed by atoms with E-state index in [-0.39, 0.29) is 16.9 Å². The van der Waals surface area contributed by atoms with E-state index in [1.807, 2.05) is 66.7 Å². The molecule has 0 spiro atoms. The quantitative estimate of drug-likeness (QED) is 0.121. The fourth-order valence-corrected chi connectivity index (χ4v) is 6.20. The molecule has 0 saturated carbocycles. The van der Waals surface area contributed by atoms with E-state index in [1.165, 1.54) is 5.39 Å². The summed E-state index contributed by atoms with van der Waals surface area (Å²) in [4.78, 5) is 0. The number of phenols is 3. The normalized spacial score (nSPS) is 11.8. The Morgan fingerprint density at radius 3 is 1.65 bits per heavy atom. The summed E-state index contributed by atoms with van der Waals surface area (Å²) in [5, 5.41) is 41.3. The van der Waals surface area contributed by atoms with Crippen molar-refractivity contribution in [1.82, 2.24) is 0 Å². The lowest BCUT2D eigenvalue weighted by Gasteiger charge is -2.19. The average Bonchev–Trinajstić information content (AvgIpc) is 3.40. The first-order valence-corrected chi connectivity index (χ1v) is 13.1. The van der Waals surface area contributed by atoms with Gasteiger partial charge in [0.2, 0.25) is 5.75 Å². The number of rotatable bonds is 2. The minimum Gasteiger partial charge on any atom is -0.506 e. The maximum absolute atomic E-state index is 11.8. The zero-order valence-electron chi connectivity index (χ0n) is 21.2. The molecule has 8 rings (SSSR count). The van der Waals surface area contributed by atoms with Crippen molar-refractivity contribution in [2.75, 3.05) is 0 Å². The zero-order valence-corrected chi connectivity index (χ0v) is 21.2. The van der Waals surface area contributed by atoms with Crippen LogP contribution in [0.4, 0.5) is 0 Å². The molecule has 1 heterocycles. The van der Waals surface area contributed by atoms with E-state index in [4.69, 9.17) is 4.42 Å². The van der Waals surface area contributed by atoms with Crippen molar-refractivity contribution >= 4 is 54.3 Å². The number of hydrogen-bond acceptors (Lipinski definition) is 4. The highest BCUT2D eigenvalue weighted by atomic mass is 16.4. The second kappa shape index (κ2) is 8.26. The second-order valence-electron chi connectivity index (χ2n) is 10.1. The number of furan rings is 1. The zero-order chi connectivity index (χ0) is 27.0. The minimum absolute atomic E-state index is 0.0568. The monoisotopic (exact) mass is 518 g/mol. The summed E-state index contributed by atoms with van der Waals surface area (Å²) >= 11 is 0. The molecule has 0 aliphatic heterocycles. The number of aromatic hydroxyl groups is 3. The molecule has 1 aromatic heterocycles. The number of fused-ring (bicyclic) bond motifs is 6. The largest absolute Gasteiger partial charge is 0.506 e. The smallest absolute Gasteiger partial charge is 0.202 e. The Morgan fingerprint density at radius 1 is 0.425 bits per heavy atom. The Balaban J connectivity index is 1.55. The lowest BCUT2D eigenvalue weighted by atomic mass is 9.84. The molecule has 8 aromatic rings. The van der Waals surface area contributed by atoms with Crippen molar-refractivity contribution in [3.05, 3.63) is 115 Å². The molecule has 0 saturated heterocycles. The number of phenolic OH excluding ortho intramolecular Hbond substituents is 3. The van der Waals surface area contributed by atoms with Crippen LogP contribution in [-0.4, -0.2) is 15.3 Å². The average molecular weight is 519 g/mol. The molecular formula is C36H22O4. The highest BCUT2D eigenvalue weighted by Crippen LogP contribution is 2.55. The van der Waals surface area contributed by atoms with Crippen molar-refractivity contribution in [1.29, 1.82) is 0 Å². The predicted molar refractivity (Wildman–Crippen MR) is 162 cm³/mol. The van der Waals surface area contributed by atoms with Crippen molar-refractivity contribution in [2.45, 2.75) is 0 Å². The molecule has 190 valence electrons. The van der Waals surface area contributed by atoms with Crippen LogP contribution in [0.3, 0.4) is 0 Å². The molecule has 4 nitrogen and oxygen atoms in total. The first kappa shape index (κ1) is 22.5. The van der Waals surface area contributed by atoms with Gasteiger partial charge in [-0.15, -0.1) is 0 Å². The Morgan fingerprint density at radius 2 is 0.975 bits per heavy atom. The summed E-state index contributed by atoms with van der Waals surface area (Å²) in [6, 6.07) is 38.1. The van der Waals surface area contributed by atoms with Gasteiger partial charge in [0, 0.05) is 10.9 Å². The van der Waals surface area contributed by atoms with E-state index >= 15 is 0 Å². The van der Waals surface area contributed by atoms with Gasteiger partial charge >= 0.3 is 0 Å². The topological polar surface area (TPSA) is 73.8 Å². The van der Waals surface area contributed by atoms with Gasteiger partial charge < -0.3 is 19.7 Å². The summed E-state index contributed by atoms with van der Waals surface area (Å²) in [6.07, 6.45) is 0. The highest BCUT2D eigenvalue weighted by molar-refractivity contribution is 6.25. The van der Waals surface area contributed by atoms with Crippen LogP contribution in [0.25, 0.3) is 76.5 Å². The third-order valence-electron chi connectivity index (χ3n) is 7.96. The first-order valence-electron chi connectivity index (χ1n) is 13.1. The number of benzene rings is 7. The van der Waals surface area contributed by atoms with Gasteiger partial charge in [-0.2, -0.15) is 0 Å². The van der Waals surface area contributed by atoms with Crippen LogP contribution in [0.15, 0.2) is 120 Å². The van der Waals surface area contributed by atoms with Crippen LogP contribution in [0, 0.1) is 0 Å². The van der Waals surface area contributed by atoms with Crippen LogP contribution in [-0.2, 0) is 0 Å². The van der Waals surface area contributed by atoms with Crippen LogP contribution in [0.1, 0.15) is 0 Å². The molecule has 0 radical (unpaired) electrons. The Hall–Kier alpha value is -5.48. The molecule has 0 fully saturated rings. The molecule has 4 heteroatoms. The maximum atomic E-state index is 11.8. The maximum Gasteiger partial charge on any atom is 0.202 e. The van der Waals surface area contributed by atoms with Crippen molar-refractivity contribution in [3.63, 3.8) is 0 Å². The Labute approximate surface area is 228 Å². The van der Waals surface area contributed by atoms with Gasteiger partial charge in [-0.1, -0.05) is 103 Å². The fraction of sp³-hybridized carbons (Fsp3) is 0. The van der Waals surface area contributed by atoms with Gasteiger partial charge in [0.05, 0.1) is 10.9 Å². The summed E-state index contributed by atoms with van der Waals surface area (Å²) in [6.45, 7) is 0. The molecule has 0 aliphatic rings. The van der Waals surface area contributed by atoms with Crippen LogP contribution in [0.5, 0.6) is 17.2 Å². The third-order valence-corrected chi connectivity index (χ3v) is 7.96. The number of hydrogen-bond donors (Lipinski definition) is 3. The molecule has 0 amide bonds. The molecule has 40 heavy (non-hydrogen) atoms. The summed E-state index contributed by atoms with van der Waals surface area (Å²) < 4.78 is 5.85. The standard InChI is InChI=1S/C36H22O4/c37-33-31-27-15-7-8-16-28(27)40-36(31)35(39)34(38)32(33)30-25-13-5-3-11-23(25)29(24-12-4-6-14-26(24)30)22-18-17-20-9-1-2-10-21(20)19-22/h1-19,37-39H. The van der Waals surface area contributed by atoms with E-state index in [2.05, 4.69) is 42.5 Å². The van der Waals surface area contributed by atoms with Gasteiger partial charge in [-0.05, 0) is 55.6 Å². The van der Waals surface area contributed by atoms with Crippen LogP contribution >= 0.6 is 0 Å². The fourth-order valence-electron chi connectivity index (χ4n) is 6.20. The van der Waals surface area contributed by atoms with Gasteiger partial charge in [0.25, 0.3) is 0 Å². The SMILES string of the molecule is Oc1c(-c2c3ccccc3c(-c3ccc4ccccc4c3)c3ccccc23)c(O)c2c(oc3ccccc32)c1O. The molecule has 3 N–H and O–H groups in total. The van der Waals surface area contributed by atoms with Gasteiger partial charge in [0.15, 0.2) is 11.3 Å². The summed E-state index contributed by atoms with van der Waals surface area (Å²) in [5.74, 6) is -0.951. The van der Waals surface area contributed by atoms with Crippen molar-refractivity contribution in [3.8, 4) is 39.5 Å². The molecule has 7 aromatic carbocycles. The highest BCUT2D eigenvalue weighted by Gasteiger charge is 2.28. The first-order chi connectivity index (χ1) is 19.6. The summed E-state index contributed by atoms with van der Waals surface area (Å²) in [7, 11) is 0. The van der Waals surface area contributed by atoms with Crippen molar-refractivity contribution < 1.29 is 19.7 Å². The van der Waals surface area contributed by atoms with E-state index < -0.39 is 11.5 Å². The van der Waals surface area contributed by atoms with Crippen LogP contribution < -0.4 is 0 Å². The molecule has 0 aliphatic carbocycles. The van der Waals surface area contributed by atoms with Gasteiger partial charge in [0.1, 0.15) is 11.3 Å². The molecule has 0 unspecified atom stereocenters. The van der Waals surface area contributed by atoms with E-state index in [0.717, 1.165) is 38.1 Å². The lowest BCUT2D eigenvalue weighted by Crippen LogP contribution is -1.92. The van der Waals surface area contributed by atoms with Crippen molar-refractivity contribution in [2.24, 2.45) is 0 Å². The third kappa shape index (κ3) is 3.01. The Kier molecular flexibility index (Phi) is 4.64.